The van der Waals surface area contributed by atoms with E-state index in [1.54, 1.807) is 4.40 Å². The first kappa shape index (κ1) is 16.6. The van der Waals surface area contributed by atoms with Gasteiger partial charge in [-0.25, -0.2) is 13.6 Å². The van der Waals surface area contributed by atoms with Crippen LogP contribution >= 0.6 is 0 Å². The van der Waals surface area contributed by atoms with Crippen molar-refractivity contribution in [2.75, 3.05) is 0 Å². The maximum atomic E-state index is 13.2. The first-order chi connectivity index (χ1) is 11.4. The Kier molecular flexibility index (Phi) is 4.64. The molecule has 6 nitrogen and oxygen atoms in total. The Morgan fingerprint density at radius 3 is 2.88 bits per heavy atom. The fourth-order valence-corrected chi connectivity index (χ4v) is 3.11. The minimum Gasteiger partial charge on any atom is -0.335 e. The molecular weight excluding hydrogens is 316 g/mol. The number of fused-ring (bicyclic) bond motifs is 1. The zero-order valence-electron chi connectivity index (χ0n) is 13.5. The first-order valence-electron chi connectivity index (χ1n) is 8.15. The molecule has 2 aromatic rings. The molecule has 1 fully saturated rings. The van der Waals surface area contributed by atoms with Gasteiger partial charge in [0.25, 0.3) is 0 Å². The number of amides is 2. The molecule has 2 N–H and O–H groups in total. The molecule has 130 valence electrons. The van der Waals surface area contributed by atoms with Crippen molar-refractivity contribution < 1.29 is 13.6 Å². The number of aromatic nitrogens is 3. The summed E-state index contributed by atoms with van der Waals surface area (Å²) in [5.41, 5.74) is 0.714. The highest BCUT2D eigenvalue weighted by molar-refractivity contribution is 5.74. The predicted molar refractivity (Wildman–Crippen MR) is 84.7 cm³/mol. The van der Waals surface area contributed by atoms with Crippen LogP contribution in [0.5, 0.6) is 0 Å². The van der Waals surface area contributed by atoms with Crippen LogP contribution in [-0.4, -0.2) is 32.6 Å². The van der Waals surface area contributed by atoms with Crippen LogP contribution in [0.15, 0.2) is 24.4 Å². The molecule has 24 heavy (non-hydrogen) atoms. The van der Waals surface area contributed by atoms with Crippen LogP contribution in [-0.2, 0) is 6.54 Å². The summed E-state index contributed by atoms with van der Waals surface area (Å²) in [5.74, 6) is -1.83. The van der Waals surface area contributed by atoms with E-state index in [2.05, 4.69) is 20.8 Å². The summed E-state index contributed by atoms with van der Waals surface area (Å²) in [6.45, 7) is 2.10. The molecule has 8 heteroatoms. The Morgan fingerprint density at radius 1 is 1.38 bits per heavy atom. The van der Waals surface area contributed by atoms with E-state index in [1.165, 1.54) is 0 Å². The normalized spacial score (nSPS) is 19.1. The van der Waals surface area contributed by atoms with Gasteiger partial charge in [-0.3, -0.25) is 4.40 Å². The third-order valence-corrected chi connectivity index (χ3v) is 4.62. The Balaban J connectivity index is 1.49. The molecule has 3 rings (SSSR count). The lowest BCUT2D eigenvalue weighted by Gasteiger charge is -2.32. The van der Waals surface area contributed by atoms with Crippen LogP contribution in [0.1, 0.15) is 38.4 Å². The average molecular weight is 337 g/mol. The summed E-state index contributed by atoms with van der Waals surface area (Å²) in [6.07, 6.45) is 2.50. The van der Waals surface area contributed by atoms with Gasteiger partial charge in [0.1, 0.15) is 0 Å². The molecule has 0 spiro atoms. The molecule has 1 saturated carbocycles. The van der Waals surface area contributed by atoms with Crippen molar-refractivity contribution >= 4 is 11.7 Å². The zero-order valence-corrected chi connectivity index (χ0v) is 13.5. The molecule has 1 atom stereocenters. The minimum atomic E-state index is -2.55. The predicted octanol–water partition coefficient (Wildman–Crippen LogP) is 2.74. The first-order valence-corrected chi connectivity index (χ1v) is 8.15. The highest BCUT2D eigenvalue weighted by Crippen LogP contribution is 2.37. The van der Waals surface area contributed by atoms with Crippen LogP contribution in [0.4, 0.5) is 13.6 Å². The van der Waals surface area contributed by atoms with E-state index >= 15 is 0 Å². The van der Waals surface area contributed by atoms with E-state index in [0.717, 1.165) is 0 Å². The molecule has 1 aliphatic rings. The molecule has 2 amide bonds. The fourth-order valence-electron chi connectivity index (χ4n) is 3.11. The largest absolute Gasteiger partial charge is 0.335 e. The number of carbonyl (C=O) groups is 1. The Labute approximate surface area is 138 Å². The van der Waals surface area contributed by atoms with Gasteiger partial charge in [-0.1, -0.05) is 6.07 Å². The number of nitrogens with zero attached hydrogens (tertiary/aromatic N) is 3. The number of nitrogens with one attached hydrogen (secondary N) is 2. The second-order valence-electron chi connectivity index (χ2n) is 6.35. The summed E-state index contributed by atoms with van der Waals surface area (Å²) in [4.78, 5) is 12.0. The van der Waals surface area contributed by atoms with E-state index in [4.69, 9.17) is 0 Å². The van der Waals surface area contributed by atoms with Crippen molar-refractivity contribution in [2.45, 2.75) is 51.1 Å². The standard InChI is InChI=1S/C16H21F2N5O/c1-11(12-5-7-16(17,18)8-6-12)20-15(24)19-10-14-22-21-13-4-2-3-9-23(13)14/h2-4,9,11-12H,5-8,10H2,1H3,(H2,19,20,24). The summed E-state index contributed by atoms with van der Waals surface area (Å²) in [6, 6.07) is 5.09. The number of alkyl halides is 2. The quantitative estimate of drug-likeness (QED) is 0.901. The number of carbonyl (C=O) groups excluding carboxylic acids is 1. The molecule has 0 aromatic carbocycles. The van der Waals surface area contributed by atoms with Crippen LogP contribution in [0.2, 0.25) is 0 Å². The van der Waals surface area contributed by atoms with E-state index in [9.17, 15) is 13.6 Å². The topological polar surface area (TPSA) is 71.3 Å². The van der Waals surface area contributed by atoms with E-state index in [0.29, 0.717) is 24.3 Å². The van der Waals surface area contributed by atoms with Crippen LogP contribution in [0.25, 0.3) is 5.65 Å². The molecule has 0 saturated heterocycles. The average Bonchev–Trinajstić information content (AvgIpc) is 2.96. The molecule has 0 aliphatic heterocycles. The van der Waals surface area contributed by atoms with E-state index < -0.39 is 5.92 Å². The van der Waals surface area contributed by atoms with Gasteiger partial charge < -0.3 is 10.6 Å². The second-order valence-corrected chi connectivity index (χ2v) is 6.35. The van der Waals surface area contributed by atoms with Gasteiger partial charge in [-0.05, 0) is 37.8 Å². The van der Waals surface area contributed by atoms with E-state index in [1.807, 2.05) is 31.3 Å². The van der Waals surface area contributed by atoms with Crippen molar-refractivity contribution in [3.8, 4) is 0 Å². The summed E-state index contributed by atoms with van der Waals surface area (Å²) >= 11 is 0. The van der Waals surface area contributed by atoms with E-state index in [-0.39, 0.29) is 37.4 Å². The summed E-state index contributed by atoms with van der Waals surface area (Å²) < 4.78 is 28.2. The lowest BCUT2D eigenvalue weighted by Crippen LogP contribution is -2.45. The van der Waals surface area contributed by atoms with Crippen molar-refractivity contribution in [2.24, 2.45) is 5.92 Å². The molecule has 1 unspecified atom stereocenters. The Bertz CT molecular complexity index is 707. The third-order valence-electron chi connectivity index (χ3n) is 4.62. The van der Waals surface area contributed by atoms with Crippen molar-refractivity contribution in [1.82, 2.24) is 25.2 Å². The lowest BCUT2D eigenvalue weighted by molar-refractivity contribution is -0.0484. The van der Waals surface area contributed by atoms with Crippen molar-refractivity contribution in [1.29, 1.82) is 0 Å². The molecule has 2 aromatic heterocycles. The summed E-state index contributed by atoms with van der Waals surface area (Å²) in [7, 11) is 0. The van der Waals surface area contributed by atoms with Gasteiger partial charge in [0, 0.05) is 25.1 Å². The molecule has 0 bridgehead atoms. The minimum absolute atomic E-state index is 0.0873. The third kappa shape index (κ3) is 3.80. The van der Waals surface area contributed by atoms with Gasteiger partial charge in [0.15, 0.2) is 11.5 Å². The number of halogens is 2. The fraction of sp³-hybridized carbons (Fsp3) is 0.562. The number of urea groups is 1. The van der Waals surface area contributed by atoms with Crippen molar-refractivity contribution in [3.05, 3.63) is 30.2 Å². The molecule has 0 radical (unpaired) electrons. The molecule has 2 heterocycles. The van der Waals surface area contributed by atoms with Crippen LogP contribution < -0.4 is 10.6 Å². The monoisotopic (exact) mass is 337 g/mol. The van der Waals surface area contributed by atoms with Gasteiger partial charge in [0.2, 0.25) is 5.92 Å². The van der Waals surface area contributed by atoms with Gasteiger partial charge in [-0.15, -0.1) is 10.2 Å². The lowest BCUT2D eigenvalue weighted by atomic mass is 9.83. The Hall–Kier alpha value is -2.25. The van der Waals surface area contributed by atoms with Crippen molar-refractivity contribution in [3.63, 3.8) is 0 Å². The van der Waals surface area contributed by atoms with Gasteiger partial charge >= 0.3 is 6.03 Å². The second kappa shape index (κ2) is 6.70. The number of rotatable bonds is 4. The Morgan fingerprint density at radius 2 is 2.12 bits per heavy atom. The SMILES string of the molecule is CC(NC(=O)NCc1nnc2ccccn12)C1CCC(F)(F)CC1. The number of hydrogen-bond donors (Lipinski definition) is 2. The highest BCUT2D eigenvalue weighted by Gasteiger charge is 2.36. The maximum absolute atomic E-state index is 13.2. The smallest absolute Gasteiger partial charge is 0.315 e. The highest BCUT2D eigenvalue weighted by atomic mass is 19.3. The zero-order chi connectivity index (χ0) is 17.2. The molecule has 1 aliphatic carbocycles. The van der Waals surface area contributed by atoms with Gasteiger partial charge in [0.05, 0.1) is 6.54 Å². The van der Waals surface area contributed by atoms with Gasteiger partial charge in [-0.2, -0.15) is 0 Å². The van der Waals surface area contributed by atoms with Crippen LogP contribution in [0, 0.1) is 5.92 Å². The maximum Gasteiger partial charge on any atom is 0.315 e. The summed E-state index contributed by atoms with van der Waals surface area (Å²) in [5, 5.41) is 13.6. The molecular formula is C16H21F2N5O. The number of hydrogen-bond acceptors (Lipinski definition) is 3. The van der Waals surface area contributed by atoms with Crippen LogP contribution in [0.3, 0.4) is 0 Å². The number of pyridine rings is 1.